The molecule has 1 atom stereocenters. The monoisotopic (exact) mass is 232 g/mol. The van der Waals surface area contributed by atoms with E-state index in [-0.39, 0.29) is 0 Å². The fraction of sp³-hybridized carbons (Fsp3) is 0.273. The van der Waals surface area contributed by atoms with Crippen LogP contribution in [-0.2, 0) is 0 Å². The topological polar surface area (TPSA) is 61.4 Å². The summed E-state index contributed by atoms with van der Waals surface area (Å²) in [4.78, 5) is 3.34. The number of nitriles is 1. The third kappa shape index (κ3) is 2.26. The van der Waals surface area contributed by atoms with Gasteiger partial charge in [-0.1, -0.05) is 17.7 Å². The van der Waals surface area contributed by atoms with Gasteiger partial charge in [0.1, 0.15) is 11.8 Å². The Morgan fingerprint density at radius 2 is 2.31 bits per heavy atom. The molecule has 0 aromatic carbocycles. The second-order valence-corrected chi connectivity index (χ2v) is 4.49. The molecule has 0 spiro atoms. The summed E-state index contributed by atoms with van der Waals surface area (Å²) in [6.07, 6.45) is 4.16. The number of halogens is 1. The molecule has 0 amide bonds. The van der Waals surface area contributed by atoms with Gasteiger partial charge in [-0.05, 0) is 19.1 Å². The minimum Gasteiger partial charge on any atom is -0.245 e. The van der Waals surface area contributed by atoms with Crippen LogP contribution in [0.4, 0.5) is 0 Å². The van der Waals surface area contributed by atoms with Gasteiger partial charge in [0.2, 0.25) is 0 Å². The standard InChI is InChI=1S/C11H9ClN4/c1-11(12)5-4-10(15-16-11)8-2-3-9(6-13)14-7-8/h2-4,7H,5H2,1H3. The van der Waals surface area contributed by atoms with Crippen LogP contribution in [0, 0.1) is 11.3 Å². The van der Waals surface area contributed by atoms with Gasteiger partial charge in [-0.25, -0.2) is 4.98 Å². The second-order valence-electron chi connectivity index (χ2n) is 3.68. The van der Waals surface area contributed by atoms with Crippen LogP contribution in [0.3, 0.4) is 0 Å². The highest BCUT2D eigenvalue weighted by molar-refractivity contribution is 6.23. The van der Waals surface area contributed by atoms with E-state index in [1.54, 1.807) is 18.3 Å². The van der Waals surface area contributed by atoms with E-state index in [1.807, 2.05) is 19.1 Å². The maximum absolute atomic E-state index is 8.62. The Balaban J connectivity index is 2.24. The number of aromatic nitrogens is 1. The lowest BCUT2D eigenvalue weighted by atomic mass is 10.1. The quantitative estimate of drug-likeness (QED) is 0.552. The van der Waals surface area contributed by atoms with E-state index in [9.17, 15) is 0 Å². The number of azo groups is 1. The molecule has 4 nitrogen and oxygen atoms in total. The highest BCUT2D eigenvalue weighted by Gasteiger charge is 2.22. The molecule has 1 aliphatic heterocycles. The van der Waals surface area contributed by atoms with Gasteiger partial charge in [0.15, 0.2) is 5.00 Å². The van der Waals surface area contributed by atoms with E-state index in [0.29, 0.717) is 12.1 Å². The molecule has 1 aromatic rings. The first-order valence-corrected chi connectivity index (χ1v) is 5.17. The number of rotatable bonds is 1. The van der Waals surface area contributed by atoms with Crippen molar-refractivity contribution in [3.8, 4) is 6.07 Å². The van der Waals surface area contributed by atoms with Crippen LogP contribution in [0.25, 0.3) is 5.70 Å². The van der Waals surface area contributed by atoms with Gasteiger partial charge in [0.25, 0.3) is 0 Å². The van der Waals surface area contributed by atoms with E-state index in [0.717, 1.165) is 11.3 Å². The lowest BCUT2D eigenvalue weighted by Crippen LogP contribution is -2.12. The first kappa shape index (κ1) is 10.8. The molecule has 1 aromatic heterocycles. The van der Waals surface area contributed by atoms with E-state index in [1.165, 1.54) is 0 Å². The fourth-order valence-corrected chi connectivity index (χ4v) is 1.42. The summed E-state index contributed by atoms with van der Waals surface area (Å²) in [7, 11) is 0. The molecule has 0 N–H and O–H groups in total. The van der Waals surface area contributed by atoms with E-state index < -0.39 is 5.00 Å². The van der Waals surface area contributed by atoms with Crippen molar-refractivity contribution < 1.29 is 0 Å². The normalized spacial score (nSPS) is 23.7. The van der Waals surface area contributed by atoms with Crippen molar-refractivity contribution in [3.63, 3.8) is 0 Å². The summed E-state index contributed by atoms with van der Waals surface area (Å²) in [6.45, 7) is 1.81. The molecule has 1 aliphatic rings. The summed E-state index contributed by atoms with van der Waals surface area (Å²) in [5.41, 5.74) is 1.98. The maximum atomic E-state index is 8.62. The number of nitrogens with zero attached hydrogens (tertiary/aromatic N) is 4. The Bertz CT molecular complexity index is 494. The summed E-state index contributed by atoms with van der Waals surface area (Å²) in [6, 6.07) is 5.42. The first-order chi connectivity index (χ1) is 7.61. The van der Waals surface area contributed by atoms with Crippen molar-refractivity contribution in [2.75, 3.05) is 0 Å². The minimum absolute atomic E-state index is 0.388. The van der Waals surface area contributed by atoms with Crippen LogP contribution in [-0.4, -0.2) is 9.98 Å². The average Bonchev–Trinajstić information content (AvgIpc) is 2.29. The fourth-order valence-electron chi connectivity index (χ4n) is 1.31. The van der Waals surface area contributed by atoms with Crippen molar-refractivity contribution in [1.29, 1.82) is 5.26 Å². The third-order valence-corrected chi connectivity index (χ3v) is 2.44. The molecule has 0 aliphatic carbocycles. The zero-order chi connectivity index (χ0) is 11.6. The molecule has 0 bridgehead atoms. The second kappa shape index (κ2) is 4.03. The highest BCUT2D eigenvalue weighted by atomic mass is 35.5. The van der Waals surface area contributed by atoms with Crippen LogP contribution in [0.15, 0.2) is 34.6 Å². The predicted octanol–water partition coefficient (Wildman–Crippen LogP) is 3.11. The Morgan fingerprint density at radius 3 is 2.81 bits per heavy atom. The molecule has 1 unspecified atom stereocenters. The van der Waals surface area contributed by atoms with Crippen LogP contribution in [0.1, 0.15) is 24.6 Å². The molecule has 0 radical (unpaired) electrons. The molecular formula is C11H9ClN4. The van der Waals surface area contributed by atoms with Crippen molar-refractivity contribution in [2.24, 2.45) is 10.2 Å². The number of pyridine rings is 1. The lowest BCUT2D eigenvalue weighted by molar-refractivity contribution is 0.627. The molecule has 2 heterocycles. The van der Waals surface area contributed by atoms with Crippen molar-refractivity contribution in [2.45, 2.75) is 18.3 Å². The first-order valence-electron chi connectivity index (χ1n) is 4.79. The summed E-state index contributed by atoms with van der Waals surface area (Å²) in [5, 5.41) is 16.7. The summed E-state index contributed by atoms with van der Waals surface area (Å²) < 4.78 is 0. The Labute approximate surface area is 98.3 Å². The number of alkyl halides is 1. The molecule has 5 heteroatoms. The van der Waals surface area contributed by atoms with Gasteiger partial charge < -0.3 is 0 Å². The van der Waals surface area contributed by atoms with Crippen LogP contribution >= 0.6 is 11.6 Å². The summed E-state index contributed by atoms with van der Waals surface area (Å²) >= 11 is 6.01. The Kier molecular flexibility index (Phi) is 2.71. The van der Waals surface area contributed by atoms with Crippen molar-refractivity contribution in [3.05, 3.63) is 35.7 Å². The zero-order valence-electron chi connectivity index (χ0n) is 8.68. The molecule has 2 rings (SSSR count). The SMILES string of the molecule is CC1(Cl)CC=C(c2ccc(C#N)nc2)N=N1. The van der Waals surface area contributed by atoms with Crippen LogP contribution in [0.2, 0.25) is 0 Å². The predicted molar refractivity (Wildman–Crippen MR) is 60.7 cm³/mol. The minimum atomic E-state index is -0.635. The average molecular weight is 233 g/mol. The maximum Gasteiger partial charge on any atom is 0.155 e. The highest BCUT2D eigenvalue weighted by Crippen LogP contribution is 2.31. The van der Waals surface area contributed by atoms with Gasteiger partial charge in [-0.2, -0.15) is 15.5 Å². The molecule has 0 saturated heterocycles. The molecule has 0 fully saturated rings. The molecule has 0 saturated carbocycles. The summed E-state index contributed by atoms with van der Waals surface area (Å²) in [5.74, 6) is 0. The van der Waals surface area contributed by atoms with Gasteiger partial charge in [0, 0.05) is 18.2 Å². The Hall–Kier alpha value is -1.73. The van der Waals surface area contributed by atoms with Crippen LogP contribution < -0.4 is 0 Å². The smallest absolute Gasteiger partial charge is 0.155 e. The molecule has 80 valence electrons. The van der Waals surface area contributed by atoms with Gasteiger partial charge in [-0.15, -0.1) is 0 Å². The van der Waals surface area contributed by atoms with E-state index in [2.05, 4.69) is 15.2 Å². The van der Waals surface area contributed by atoms with Gasteiger partial charge >= 0.3 is 0 Å². The van der Waals surface area contributed by atoms with Gasteiger partial charge in [-0.3, -0.25) is 0 Å². The Morgan fingerprint density at radius 1 is 1.50 bits per heavy atom. The zero-order valence-corrected chi connectivity index (χ0v) is 9.44. The van der Waals surface area contributed by atoms with Gasteiger partial charge in [0.05, 0.1) is 5.70 Å². The van der Waals surface area contributed by atoms with E-state index >= 15 is 0 Å². The lowest BCUT2D eigenvalue weighted by Gasteiger charge is -2.17. The van der Waals surface area contributed by atoms with Crippen molar-refractivity contribution >= 4 is 17.3 Å². The third-order valence-electron chi connectivity index (χ3n) is 2.21. The largest absolute Gasteiger partial charge is 0.245 e. The number of hydrogen-bond donors (Lipinski definition) is 0. The van der Waals surface area contributed by atoms with Crippen molar-refractivity contribution in [1.82, 2.24) is 4.98 Å². The molecule has 16 heavy (non-hydrogen) atoms. The van der Waals surface area contributed by atoms with Crippen LogP contribution in [0.5, 0.6) is 0 Å². The molecular weight excluding hydrogens is 224 g/mol. The van der Waals surface area contributed by atoms with E-state index in [4.69, 9.17) is 16.9 Å². The number of hydrogen-bond acceptors (Lipinski definition) is 4.